The van der Waals surface area contributed by atoms with Gasteiger partial charge in [0.25, 0.3) is 10.0 Å². The number of hydrogen-bond donors (Lipinski definition) is 1. The number of anilines is 2. The molecule has 0 fully saturated rings. The van der Waals surface area contributed by atoms with Crippen LogP contribution >= 0.6 is 0 Å². The van der Waals surface area contributed by atoms with Gasteiger partial charge in [-0.05, 0) is 85.6 Å². The van der Waals surface area contributed by atoms with Gasteiger partial charge in [-0.3, -0.25) is 9.10 Å². The first-order chi connectivity index (χ1) is 14.7. The highest BCUT2D eigenvalue weighted by atomic mass is 32.2. The van der Waals surface area contributed by atoms with E-state index in [0.29, 0.717) is 11.4 Å². The van der Waals surface area contributed by atoms with Crippen molar-refractivity contribution in [2.75, 3.05) is 23.3 Å². The Morgan fingerprint density at radius 1 is 0.968 bits per heavy atom. The molecule has 0 saturated heterocycles. The molecule has 0 aromatic heterocycles. The summed E-state index contributed by atoms with van der Waals surface area (Å²) >= 11 is 0. The number of nitrogens with one attached hydrogen (secondary N) is 1. The summed E-state index contributed by atoms with van der Waals surface area (Å²) in [4.78, 5) is 12.7. The number of rotatable bonds is 7. The number of carbonyl (C=O) groups is 1. The Balaban J connectivity index is 1.94. The first-order valence-electron chi connectivity index (χ1n) is 9.49. The third kappa shape index (κ3) is 5.40. The summed E-state index contributed by atoms with van der Waals surface area (Å²) in [6, 6.07) is 16.3. The Morgan fingerprint density at radius 3 is 2.10 bits per heavy atom. The van der Waals surface area contributed by atoms with Crippen molar-refractivity contribution in [3.8, 4) is 5.75 Å². The SMILES string of the molecule is COc1ccc(S(=O)(=O)N(CC(=O)Nc2cc(C)cc(C)c2)c2ccc(F)cc2)cc1. The molecule has 0 spiro atoms. The zero-order valence-electron chi connectivity index (χ0n) is 17.4. The second-order valence-electron chi connectivity index (χ2n) is 7.09. The topological polar surface area (TPSA) is 75.7 Å². The molecule has 162 valence electrons. The number of benzene rings is 3. The molecule has 6 nitrogen and oxygen atoms in total. The molecule has 3 aromatic carbocycles. The number of carbonyl (C=O) groups excluding carboxylic acids is 1. The van der Waals surface area contributed by atoms with Crippen LogP contribution in [-0.2, 0) is 14.8 Å². The second-order valence-corrected chi connectivity index (χ2v) is 8.95. The summed E-state index contributed by atoms with van der Waals surface area (Å²) in [6.07, 6.45) is 0. The molecule has 0 bridgehead atoms. The maximum Gasteiger partial charge on any atom is 0.264 e. The molecule has 0 unspecified atom stereocenters. The maximum atomic E-state index is 13.4. The Kier molecular flexibility index (Phi) is 6.60. The Morgan fingerprint density at radius 2 is 1.55 bits per heavy atom. The van der Waals surface area contributed by atoms with Gasteiger partial charge in [0.05, 0.1) is 17.7 Å². The summed E-state index contributed by atoms with van der Waals surface area (Å²) in [5, 5.41) is 2.74. The van der Waals surface area contributed by atoms with E-state index in [1.807, 2.05) is 19.9 Å². The van der Waals surface area contributed by atoms with Gasteiger partial charge in [-0.2, -0.15) is 0 Å². The molecular weight excluding hydrogens is 419 g/mol. The van der Waals surface area contributed by atoms with Crippen molar-refractivity contribution in [1.29, 1.82) is 0 Å². The molecule has 0 atom stereocenters. The van der Waals surface area contributed by atoms with Crippen LogP contribution in [0.4, 0.5) is 15.8 Å². The number of amides is 1. The maximum absolute atomic E-state index is 13.4. The van der Waals surface area contributed by atoms with E-state index in [1.165, 1.54) is 43.5 Å². The minimum absolute atomic E-state index is 0.0168. The van der Waals surface area contributed by atoms with E-state index in [4.69, 9.17) is 4.74 Å². The van der Waals surface area contributed by atoms with Crippen molar-refractivity contribution in [2.45, 2.75) is 18.7 Å². The van der Waals surface area contributed by atoms with E-state index in [1.54, 1.807) is 12.1 Å². The molecular formula is C23H23FN2O4S. The predicted molar refractivity (Wildman–Crippen MR) is 118 cm³/mol. The minimum atomic E-state index is -4.10. The smallest absolute Gasteiger partial charge is 0.264 e. The second kappa shape index (κ2) is 9.18. The first kappa shape index (κ1) is 22.3. The molecule has 1 N–H and O–H groups in total. The molecule has 0 aliphatic carbocycles. The Labute approximate surface area is 181 Å². The largest absolute Gasteiger partial charge is 0.497 e. The highest BCUT2D eigenvalue weighted by molar-refractivity contribution is 7.92. The lowest BCUT2D eigenvalue weighted by atomic mass is 10.1. The number of halogens is 1. The van der Waals surface area contributed by atoms with E-state index in [2.05, 4.69) is 5.32 Å². The number of methoxy groups -OCH3 is 1. The zero-order valence-corrected chi connectivity index (χ0v) is 18.2. The van der Waals surface area contributed by atoms with Gasteiger partial charge in [0.15, 0.2) is 0 Å². The molecule has 8 heteroatoms. The van der Waals surface area contributed by atoms with Gasteiger partial charge in [0.2, 0.25) is 5.91 Å². The van der Waals surface area contributed by atoms with Crippen LogP contribution in [0.5, 0.6) is 5.75 Å². The van der Waals surface area contributed by atoms with Crippen molar-refractivity contribution in [2.24, 2.45) is 0 Å². The minimum Gasteiger partial charge on any atom is -0.497 e. The number of ether oxygens (including phenoxy) is 1. The predicted octanol–water partition coefficient (Wildman–Crippen LogP) is 4.29. The van der Waals surface area contributed by atoms with Crippen molar-refractivity contribution < 1.29 is 22.3 Å². The average molecular weight is 443 g/mol. The monoisotopic (exact) mass is 442 g/mol. The van der Waals surface area contributed by atoms with Crippen LogP contribution in [0, 0.1) is 19.7 Å². The van der Waals surface area contributed by atoms with Gasteiger partial charge in [-0.15, -0.1) is 0 Å². The highest BCUT2D eigenvalue weighted by Crippen LogP contribution is 2.25. The van der Waals surface area contributed by atoms with Crippen LogP contribution in [0.3, 0.4) is 0 Å². The van der Waals surface area contributed by atoms with E-state index in [9.17, 15) is 17.6 Å². The summed E-state index contributed by atoms with van der Waals surface area (Å²) in [6.45, 7) is 3.33. The highest BCUT2D eigenvalue weighted by Gasteiger charge is 2.27. The fraction of sp³-hybridized carbons (Fsp3) is 0.174. The number of hydrogen-bond acceptors (Lipinski definition) is 4. The Hall–Kier alpha value is -3.39. The lowest BCUT2D eigenvalue weighted by Crippen LogP contribution is -2.38. The first-order valence-corrected chi connectivity index (χ1v) is 10.9. The van der Waals surface area contributed by atoms with Crippen LogP contribution in [0.15, 0.2) is 71.6 Å². The molecule has 3 aromatic rings. The third-order valence-electron chi connectivity index (χ3n) is 4.55. The standard InChI is InChI=1S/C23H23FN2O4S/c1-16-12-17(2)14-19(13-16)25-23(27)15-26(20-6-4-18(24)5-7-20)31(28,29)22-10-8-21(30-3)9-11-22/h4-14H,15H2,1-3H3,(H,25,27). The average Bonchev–Trinajstić information content (AvgIpc) is 2.72. The van der Waals surface area contributed by atoms with Crippen molar-refractivity contribution in [3.05, 3.63) is 83.7 Å². The van der Waals surface area contributed by atoms with E-state index in [0.717, 1.165) is 27.6 Å². The van der Waals surface area contributed by atoms with Gasteiger partial charge >= 0.3 is 0 Å². The van der Waals surface area contributed by atoms with Crippen LogP contribution in [0.1, 0.15) is 11.1 Å². The van der Waals surface area contributed by atoms with Gasteiger partial charge in [-0.25, -0.2) is 12.8 Å². The molecule has 31 heavy (non-hydrogen) atoms. The third-order valence-corrected chi connectivity index (χ3v) is 6.34. The normalized spacial score (nSPS) is 11.1. The summed E-state index contributed by atoms with van der Waals surface area (Å²) in [5.41, 5.74) is 2.68. The quantitative estimate of drug-likeness (QED) is 0.592. The summed E-state index contributed by atoms with van der Waals surface area (Å²) < 4.78 is 46.1. The molecule has 0 heterocycles. The van der Waals surface area contributed by atoms with Crippen LogP contribution in [-0.4, -0.2) is 28.0 Å². The van der Waals surface area contributed by atoms with Crippen LogP contribution in [0.2, 0.25) is 0 Å². The lowest BCUT2D eigenvalue weighted by molar-refractivity contribution is -0.114. The molecule has 0 aliphatic rings. The fourth-order valence-corrected chi connectivity index (χ4v) is 4.60. The summed E-state index contributed by atoms with van der Waals surface area (Å²) in [7, 11) is -2.62. The number of nitrogens with zero attached hydrogens (tertiary/aromatic N) is 1. The number of sulfonamides is 1. The summed E-state index contributed by atoms with van der Waals surface area (Å²) in [5.74, 6) is -0.531. The molecule has 0 aliphatic heterocycles. The van der Waals surface area contributed by atoms with Crippen molar-refractivity contribution in [1.82, 2.24) is 0 Å². The fourth-order valence-electron chi connectivity index (χ4n) is 3.18. The van der Waals surface area contributed by atoms with Gasteiger partial charge in [0.1, 0.15) is 18.1 Å². The van der Waals surface area contributed by atoms with E-state index in [-0.39, 0.29) is 10.6 Å². The van der Waals surface area contributed by atoms with Gasteiger partial charge in [-0.1, -0.05) is 6.07 Å². The van der Waals surface area contributed by atoms with Crippen LogP contribution in [0.25, 0.3) is 0 Å². The number of aryl methyl sites for hydroxylation is 2. The van der Waals surface area contributed by atoms with Gasteiger partial charge < -0.3 is 10.1 Å². The molecule has 0 saturated carbocycles. The van der Waals surface area contributed by atoms with Crippen molar-refractivity contribution in [3.63, 3.8) is 0 Å². The van der Waals surface area contributed by atoms with E-state index < -0.39 is 28.3 Å². The Bertz CT molecular complexity index is 1160. The zero-order chi connectivity index (χ0) is 22.6. The van der Waals surface area contributed by atoms with Crippen molar-refractivity contribution >= 4 is 27.3 Å². The molecule has 0 radical (unpaired) electrons. The van der Waals surface area contributed by atoms with Crippen LogP contribution < -0.4 is 14.4 Å². The lowest BCUT2D eigenvalue weighted by Gasteiger charge is -2.24. The molecule has 1 amide bonds. The molecule has 3 rings (SSSR count). The van der Waals surface area contributed by atoms with Gasteiger partial charge in [0, 0.05) is 5.69 Å². The van der Waals surface area contributed by atoms with E-state index >= 15 is 0 Å².